The van der Waals surface area contributed by atoms with Crippen molar-refractivity contribution < 1.29 is 294 Å². The van der Waals surface area contributed by atoms with Crippen LogP contribution in [0.25, 0.3) is 118 Å². The molecule has 18 aromatic rings. The van der Waals surface area contributed by atoms with Crippen LogP contribution in [0.1, 0.15) is 150 Å². The number of rotatable bonds is 9. The zero-order valence-electron chi connectivity index (χ0n) is 81.7. The van der Waals surface area contributed by atoms with Gasteiger partial charge < -0.3 is 96.2 Å². The molecule has 9 aliphatic carbocycles. The quantitative estimate of drug-likeness (QED) is 0.126. The predicted molar refractivity (Wildman–Crippen MR) is 562 cm³/mol. The summed E-state index contributed by atoms with van der Waals surface area (Å²) in [6.07, 6.45) is 19.1. The fourth-order valence-electron chi connectivity index (χ4n) is 20.4. The molecule has 0 nitrogen and oxygen atoms in total. The summed E-state index contributed by atoms with van der Waals surface area (Å²) < 4.78 is 0. The van der Waals surface area contributed by atoms with E-state index in [2.05, 4.69) is 393 Å². The van der Waals surface area contributed by atoms with Gasteiger partial charge in [0, 0.05) is 294 Å². The molecular formula is C135H102Y9-18. The van der Waals surface area contributed by atoms with Gasteiger partial charge in [-0.15, -0.1) is 113 Å². The Morgan fingerprint density at radius 1 is 0.215 bits per heavy atom. The summed E-state index contributed by atoms with van der Waals surface area (Å²) in [5.41, 5.74) is 59.8. The Kier molecular flexibility index (Phi) is 48.9. The van der Waals surface area contributed by atoms with Gasteiger partial charge in [0.25, 0.3) is 0 Å². The average molecular weight is 2520 g/mol. The summed E-state index contributed by atoms with van der Waals surface area (Å²) in [4.78, 5) is 0. The fourth-order valence-corrected chi connectivity index (χ4v) is 20.4. The van der Waals surface area contributed by atoms with E-state index in [4.69, 9.17) is 19.7 Å². The van der Waals surface area contributed by atoms with Gasteiger partial charge in [0.05, 0.1) is 0 Å². The molecule has 18 aromatic carbocycles. The molecule has 0 aromatic heterocycles. The minimum atomic E-state index is 0. The maximum Gasteiger partial charge on any atom is 0 e. The average Bonchev–Trinajstić information content (AvgIpc) is 1.62. The number of hydrogen-bond acceptors (Lipinski definition) is 0. The van der Waals surface area contributed by atoms with E-state index < -0.39 is 0 Å². The van der Waals surface area contributed by atoms with Gasteiger partial charge in [-0.2, -0.15) is 181 Å². The van der Waals surface area contributed by atoms with Crippen LogP contribution in [0.5, 0.6) is 0 Å². The summed E-state index contributed by atoms with van der Waals surface area (Å²) in [6, 6.07) is 145. The van der Waals surface area contributed by atoms with Crippen LogP contribution in [0.3, 0.4) is 0 Å². The van der Waals surface area contributed by atoms with Gasteiger partial charge in [-0.1, -0.05) is 280 Å². The van der Waals surface area contributed by atoms with E-state index in [0.717, 1.165) is 113 Å². The van der Waals surface area contributed by atoms with Crippen LogP contribution in [0, 0.1) is 116 Å². The first-order chi connectivity index (χ1) is 66.5. The molecule has 0 heterocycles. The van der Waals surface area contributed by atoms with E-state index in [1.807, 2.05) is 30.3 Å². The van der Waals surface area contributed by atoms with Crippen LogP contribution in [-0.4, -0.2) is 0 Å². The van der Waals surface area contributed by atoms with Gasteiger partial charge in [0.15, 0.2) is 0 Å². The minimum absolute atomic E-state index is 0. The Hall–Kier alpha value is -4.88. The van der Waals surface area contributed by atoms with E-state index in [-0.39, 0.29) is 294 Å². The molecule has 144 heavy (non-hydrogen) atoms. The largest absolute Gasteiger partial charge is 0.344 e. The molecule has 0 saturated carbocycles. The first-order valence-corrected chi connectivity index (χ1v) is 47.0. The van der Waals surface area contributed by atoms with Crippen molar-refractivity contribution in [2.45, 2.75) is 96.3 Å². The molecule has 9 heteroatoms. The SMILES string of the molecule is [CH-]=Cc1[c-]cc2c(c1)-c1ccccc1C2.[CH-]=Cc1[c-]cc2c(c1)Cc1ccccc1-2.[CH-]=Cc1[c-]ccc2c1Cc1ccccc1-2.[CH2-]Cc1[c-]c2c(cc1)-c1ccccc1C2.[CH2-]Cc1[c-]c2c(cc1)Cc1ccccc1-2.[CH2-]Cc1[c-]cc2c(c1)-c1ccccc1C2.[CH2-]Cc1[c-]cc2c(c1)Cc1ccccc1-2.[CH2-]Cc1[c-]ccc2c1-c1ccccc1C2.[CH2-]Cc1[c-]ccc2c1Cc1ccccc1-2.[Y].[Y].[Y].[Y].[Y].[Y].[Y].[Y].[Y]. The molecule has 0 amide bonds. The van der Waals surface area contributed by atoms with Crippen LogP contribution in [0.2, 0.25) is 0 Å². The Bertz CT molecular complexity index is 7300. The van der Waals surface area contributed by atoms with Gasteiger partial charge in [0.2, 0.25) is 0 Å². The second kappa shape index (κ2) is 58.3. The van der Waals surface area contributed by atoms with Crippen LogP contribution < -0.4 is 0 Å². The van der Waals surface area contributed by atoms with Crippen molar-refractivity contribution in [1.29, 1.82) is 0 Å². The van der Waals surface area contributed by atoms with E-state index in [1.54, 1.807) is 18.2 Å². The van der Waals surface area contributed by atoms with Crippen molar-refractivity contribution in [2.75, 3.05) is 0 Å². The van der Waals surface area contributed by atoms with E-state index in [0.29, 0.717) is 0 Å². The molecule has 0 aliphatic heterocycles. The molecule has 687 valence electrons. The number of hydrogen-bond donors (Lipinski definition) is 0. The Morgan fingerprint density at radius 2 is 0.569 bits per heavy atom. The minimum Gasteiger partial charge on any atom is -0.344 e. The predicted octanol–water partition coefficient (Wildman–Crippen LogP) is 31.1. The number of fused-ring (bicyclic) bond motifs is 27. The molecule has 9 aliphatic rings. The summed E-state index contributed by atoms with van der Waals surface area (Å²) in [7, 11) is 0. The van der Waals surface area contributed by atoms with Crippen LogP contribution in [0.4, 0.5) is 0 Å². The number of benzene rings is 18. The summed E-state index contributed by atoms with van der Waals surface area (Å²) in [5.74, 6) is 0. The zero-order chi connectivity index (χ0) is 92.3. The molecule has 0 atom stereocenters. The van der Waals surface area contributed by atoms with E-state index in [9.17, 15) is 0 Å². The van der Waals surface area contributed by atoms with Crippen molar-refractivity contribution in [3.63, 3.8) is 0 Å². The Balaban J connectivity index is 0.000000165. The molecule has 0 fully saturated rings. The maximum atomic E-state index is 5.60. The van der Waals surface area contributed by atoms with Crippen molar-refractivity contribution in [3.05, 3.63) is 594 Å². The van der Waals surface area contributed by atoms with Gasteiger partial charge in [-0.05, 0) is 101 Å². The second-order valence-corrected chi connectivity index (χ2v) is 35.2. The van der Waals surface area contributed by atoms with Crippen molar-refractivity contribution >= 4 is 18.2 Å². The van der Waals surface area contributed by atoms with Crippen molar-refractivity contribution in [1.82, 2.24) is 0 Å². The third-order valence-electron chi connectivity index (χ3n) is 27.2. The fraction of sp³-hybridized carbons (Fsp3) is 0.111. The summed E-state index contributed by atoms with van der Waals surface area (Å²) in [5, 5.41) is 0. The first kappa shape index (κ1) is 121. The summed E-state index contributed by atoms with van der Waals surface area (Å²) >= 11 is 0. The first-order valence-electron chi connectivity index (χ1n) is 47.0. The van der Waals surface area contributed by atoms with Gasteiger partial charge in [-0.25, -0.2) is 35.9 Å². The van der Waals surface area contributed by atoms with Crippen LogP contribution >= 0.6 is 0 Å². The van der Waals surface area contributed by atoms with Gasteiger partial charge >= 0.3 is 0 Å². The van der Waals surface area contributed by atoms with Gasteiger partial charge in [-0.3, -0.25) is 0 Å². The third-order valence-corrected chi connectivity index (χ3v) is 27.2. The molecule has 0 spiro atoms. The van der Waals surface area contributed by atoms with Crippen molar-refractivity contribution in [2.24, 2.45) is 0 Å². The molecule has 0 unspecified atom stereocenters. The summed E-state index contributed by atoms with van der Waals surface area (Å²) in [6.45, 7) is 40.2. The molecule has 27 rings (SSSR count). The maximum absolute atomic E-state index is 5.60. The third kappa shape index (κ3) is 27.5. The standard InChI is InChI=1S/2C15H12.C15H10.2C15H12.C15H10.2C15H12.C15H10.9Y/c1-2-11-7-5-8-13-10-12-6-3-4-9-14(12)15(11)13;2*1-2-11-7-5-9-14-13-8-4-3-6-12(13)10-15(11)14;3*1-2-11-7-8-15-13(9-11)10-12-5-3-4-6-14(12)15;3*1-2-11-7-8-13-10-12-5-3-4-6-14(12)15(13)9-11;;;;;;;;;/h2*3-6,8-9H,1-2,10H2;1-6,8-9H,10H2;3-6,8-9H,1-2,10H2;3-8H,1-2,10H2;1-6,8-9H,10H2;3-6,8-9H,1-2,10H2;3-8H,1-2,10H2;1-6,8-9H,10H2;;;;;;;;;/q9*-2;;;;;;;;;. The monoisotopic (exact) mass is 2520 g/mol. The smallest absolute Gasteiger partial charge is 0 e. The second-order valence-electron chi connectivity index (χ2n) is 35.2. The zero-order valence-corrected chi connectivity index (χ0v) is 107. The van der Waals surface area contributed by atoms with Crippen LogP contribution in [0.15, 0.2) is 328 Å². The van der Waals surface area contributed by atoms with E-state index >= 15 is 0 Å². The van der Waals surface area contributed by atoms with E-state index in [1.165, 1.54) is 234 Å². The van der Waals surface area contributed by atoms with Gasteiger partial charge in [0.1, 0.15) is 0 Å². The molecule has 0 bridgehead atoms. The topological polar surface area (TPSA) is 0 Å². The molecule has 9 radical (unpaired) electrons. The van der Waals surface area contributed by atoms with Crippen LogP contribution in [-0.2, 0) is 391 Å². The molecular weight excluding hydrogens is 2420 g/mol. The Labute approximate surface area is 1080 Å². The van der Waals surface area contributed by atoms with Crippen molar-refractivity contribution in [3.8, 4) is 100 Å². The normalized spacial score (nSPS) is 11.5. The molecule has 0 N–H and O–H groups in total. The molecule has 0 saturated heterocycles. The Morgan fingerprint density at radius 3 is 1.09 bits per heavy atom.